The molecule has 1 heterocycles. The lowest BCUT2D eigenvalue weighted by Crippen LogP contribution is -2.35. The Hall–Kier alpha value is -1.66. The Morgan fingerprint density at radius 2 is 2.10 bits per heavy atom. The van der Waals surface area contributed by atoms with Crippen LogP contribution in [0.1, 0.15) is 11.1 Å². The van der Waals surface area contributed by atoms with E-state index in [4.69, 9.17) is 4.74 Å². The van der Waals surface area contributed by atoms with E-state index in [1.807, 2.05) is 25.1 Å². The van der Waals surface area contributed by atoms with E-state index in [-0.39, 0.29) is 5.91 Å². The highest BCUT2D eigenvalue weighted by Gasteiger charge is 2.12. The van der Waals surface area contributed by atoms with E-state index in [0.717, 1.165) is 30.0 Å². The monoisotopic (exact) mass is 294 g/mol. The van der Waals surface area contributed by atoms with Gasteiger partial charge in [-0.05, 0) is 24.1 Å². The topological polar surface area (TPSA) is 57.7 Å². The van der Waals surface area contributed by atoms with E-state index < -0.39 is 0 Å². The molecule has 0 aliphatic rings. The van der Waals surface area contributed by atoms with Crippen molar-refractivity contribution in [3.63, 3.8) is 0 Å². The van der Waals surface area contributed by atoms with Gasteiger partial charge in [0.05, 0.1) is 13.2 Å². The van der Waals surface area contributed by atoms with Gasteiger partial charge in [-0.25, -0.2) is 4.98 Å². The van der Waals surface area contributed by atoms with Gasteiger partial charge < -0.3 is 19.9 Å². The van der Waals surface area contributed by atoms with E-state index in [1.54, 1.807) is 26.1 Å². The quantitative estimate of drug-likeness (QED) is 0.714. The highest BCUT2D eigenvalue weighted by atomic mass is 16.5. The van der Waals surface area contributed by atoms with E-state index in [9.17, 15) is 4.79 Å². The molecule has 1 amide bonds. The Kier molecular flexibility index (Phi) is 7.11. The van der Waals surface area contributed by atoms with Crippen molar-refractivity contribution in [3.8, 4) is 0 Å². The largest absolute Gasteiger partial charge is 0.383 e. The minimum Gasteiger partial charge on any atom is -0.383 e. The van der Waals surface area contributed by atoms with Crippen molar-refractivity contribution in [1.29, 1.82) is 0 Å². The molecule has 1 N–H and O–H groups in total. The van der Waals surface area contributed by atoms with E-state index in [2.05, 4.69) is 16.4 Å². The van der Waals surface area contributed by atoms with Crippen LogP contribution in [0.15, 0.2) is 12.3 Å². The zero-order chi connectivity index (χ0) is 15.8. The minimum atomic E-state index is 0.0593. The van der Waals surface area contributed by atoms with Crippen molar-refractivity contribution >= 4 is 11.7 Å². The number of nitrogens with one attached hydrogen (secondary N) is 1. The van der Waals surface area contributed by atoms with Crippen LogP contribution >= 0.6 is 0 Å². The summed E-state index contributed by atoms with van der Waals surface area (Å²) in [4.78, 5) is 19.7. The second-order valence-corrected chi connectivity index (χ2v) is 5.30. The van der Waals surface area contributed by atoms with Gasteiger partial charge in [0.1, 0.15) is 5.82 Å². The molecule has 0 radical (unpaired) electrons. The summed E-state index contributed by atoms with van der Waals surface area (Å²) in [6.45, 7) is 4.61. The number of carbonyl (C=O) groups excluding carboxylic acids is 1. The fourth-order valence-electron chi connectivity index (χ4n) is 1.95. The predicted molar refractivity (Wildman–Crippen MR) is 84.5 cm³/mol. The number of aromatic nitrogens is 1. The molecule has 1 aromatic rings. The van der Waals surface area contributed by atoms with E-state index >= 15 is 0 Å². The molecule has 0 bridgehead atoms. The Morgan fingerprint density at radius 3 is 2.67 bits per heavy atom. The molecule has 1 rings (SSSR count). The third kappa shape index (κ3) is 5.69. The summed E-state index contributed by atoms with van der Waals surface area (Å²) in [6, 6.07) is 2.10. The van der Waals surface area contributed by atoms with Crippen LogP contribution in [0.4, 0.5) is 5.82 Å². The molecule has 0 fully saturated rings. The number of nitrogens with zero attached hydrogens (tertiary/aromatic N) is 3. The number of hydrogen-bond donors (Lipinski definition) is 1. The van der Waals surface area contributed by atoms with Gasteiger partial charge in [0.25, 0.3) is 0 Å². The van der Waals surface area contributed by atoms with Crippen LogP contribution in [0.2, 0.25) is 0 Å². The average molecular weight is 294 g/mol. The second kappa shape index (κ2) is 8.59. The number of aryl methyl sites for hydroxylation is 1. The Labute approximate surface area is 127 Å². The molecule has 118 valence electrons. The first kappa shape index (κ1) is 17.4. The van der Waals surface area contributed by atoms with Crippen LogP contribution in [0.25, 0.3) is 0 Å². The number of rotatable bonds is 8. The number of hydrogen-bond acceptors (Lipinski definition) is 5. The molecule has 0 atom stereocenters. The van der Waals surface area contributed by atoms with Gasteiger partial charge in [0.2, 0.25) is 5.91 Å². The van der Waals surface area contributed by atoms with Crippen molar-refractivity contribution in [1.82, 2.24) is 15.2 Å². The smallest absolute Gasteiger partial charge is 0.241 e. The first-order valence-corrected chi connectivity index (χ1v) is 7.02. The molecule has 0 saturated heterocycles. The van der Waals surface area contributed by atoms with Crippen molar-refractivity contribution < 1.29 is 9.53 Å². The molecule has 6 heteroatoms. The Balaban J connectivity index is 2.62. The van der Waals surface area contributed by atoms with Gasteiger partial charge in [-0.1, -0.05) is 0 Å². The summed E-state index contributed by atoms with van der Waals surface area (Å²) < 4.78 is 4.99. The fraction of sp³-hybridized carbons (Fsp3) is 0.600. The lowest BCUT2D eigenvalue weighted by molar-refractivity contribution is -0.127. The molecular formula is C15H26N4O2. The third-order valence-corrected chi connectivity index (χ3v) is 3.15. The van der Waals surface area contributed by atoms with E-state index in [1.165, 1.54) is 0 Å². The Morgan fingerprint density at radius 1 is 1.38 bits per heavy atom. The second-order valence-electron chi connectivity index (χ2n) is 5.30. The van der Waals surface area contributed by atoms with Gasteiger partial charge in [0.15, 0.2) is 0 Å². The maximum atomic E-state index is 11.7. The van der Waals surface area contributed by atoms with Crippen LogP contribution in [-0.2, 0) is 16.1 Å². The van der Waals surface area contributed by atoms with E-state index in [0.29, 0.717) is 13.2 Å². The number of likely N-dealkylation sites (N-methyl/N-ethyl adjacent to an activating group) is 2. The van der Waals surface area contributed by atoms with Crippen molar-refractivity contribution in [3.05, 3.63) is 23.4 Å². The van der Waals surface area contributed by atoms with Crippen LogP contribution < -0.4 is 10.2 Å². The third-order valence-electron chi connectivity index (χ3n) is 3.15. The minimum absolute atomic E-state index is 0.0593. The van der Waals surface area contributed by atoms with Crippen LogP contribution in [-0.4, -0.2) is 63.7 Å². The summed E-state index contributed by atoms with van der Waals surface area (Å²) in [5.74, 6) is 0.898. The molecule has 6 nitrogen and oxygen atoms in total. The zero-order valence-corrected chi connectivity index (χ0v) is 13.6. The number of methoxy groups -OCH3 is 1. The summed E-state index contributed by atoms with van der Waals surface area (Å²) in [5.41, 5.74) is 2.19. The number of anilines is 1. The number of ether oxygens (including phenoxy) is 1. The number of pyridine rings is 1. The standard InChI is InChI=1S/C15H26N4O2/c1-12-8-13(9-16-6-7-21-5)10-17-15(12)19(4)11-14(20)18(2)3/h8,10,16H,6-7,9,11H2,1-5H3. The van der Waals surface area contributed by atoms with Crippen molar-refractivity contribution in [2.45, 2.75) is 13.5 Å². The lowest BCUT2D eigenvalue weighted by Gasteiger charge is -2.22. The normalized spacial score (nSPS) is 10.5. The van der Waals surface area contributed by atoms with Gasteiger partial charge in [-0.2, -0.15) is 0 Å². The molecule has 0 aromatic carbocycles. The first-order chi connectivity index (χ1) is 9.95. The highest BCUT2D eigenvalue weighted by Crippen LogP contribution is 2.16. The summed E-state index contributed by atoms with van der Waals surface area (Å²) >= 11 is 0. The van der Waals surface area contributed by atoms with Crippen LogP contribution in [0, 0.1) is 6.92 Å². The Bertz CT molecular complexity index is 463. The summed E-state index contributed by atoms with van der Waals surface area (Å²) in [5, 5.41) is 3.29. The molecule has 0 spiro atoms. The number of amides is 1. The molecule has 0 unspecified atom stereocenters. The SMILES string of the molecule is COCCNCc1cnc(N(C)CC(=O)N(C)C)c(C)c1. The van der Waals surface area contributed by atoms with Crippen LogP contribution in [0.3, 0.4) is 0 Å². The molecule has 0 saturated carbocycles. The first-order valence-electron chi connectivity index (χ1n) is 7.02. The zero-order valence-electron chi connectivity index (χ0n) is 13.6. The molecule has 0 aliphatic carbocycles. The maximum absolute atomic E-state index is 11.7. The van der Waals surface area contributed by atoms with Crippen LogP contribution in [0.5, 0.6) is 0 Å². The van der Waals surface area contributed by atoms with Crippen molar-refractivity contribution in [2.24, 2.45) is 0 Å². The predicted octanol–water partition coefficient (Wildman–Crippen LogP) is 0.650. The average Bonchev–Trinajstić information content (AvgIpc) is 2.43. The van der Waals surface area contributed by atoms with Crippen molar-refractivity contribution in [2.75, 3.05) is 52.8 Å². The molecule has 21 heavy (non-hydrogen) atoms. The summed E-state index contributed by atoms with van der Waals surface area (Å²) in [7, 11) is 7.08. The number of carbonyl (C=O) groups is 1. The molecule has 1 aromatic heterocycles. The lowest BCUT2D eigenvalue weighted by atomic mass is 10.2. The van der Waals surface area contributed by atoms with Gasteiger partial charge >= 0.3 is 0 Å². The van der Waals surface area contributed by atoms with Gasteiger partial charge in [-0.3, -0.25) is 4.79 Å². The highest BCUT2D eigenvalue weighted by molar-refractivity contribution is 5.80. The van der Waals surface area contributed by atoms with Gasteiger partial charge in [-0.15, -0.1) is 0 Å². The maximum Gasteiger partial charge on any atom is 0.241 e. The molecular weight excluding hydrogens is 268 g/mol. The van der Waals surface area contributed by atoms with Gasteiger partial charge in [0, 0.05) is 47.5 Å². The fourth-order valence-corrected chi connectivity index (χ4v) is 1.95. The molecule has 0 aliphatic heterocycles. The summed E-state index contributed by atoms with van der Waals surface area (Å²) in [6.07, 6.45) is 1.85.